The first-order valence-corrected chi connectivity index (χ1v) is 12.0. The molecule has 2 aromatic heterocycles. The number of carbonyl (C=O) groups excluding carboxylic acids is 1. The maximum atomic E-state index is 13.3. The van der Waals surface area contributed by atoms with Gasteiger partial charge in [0.2, 0.25) is 5.91 Å². The number of hydrogen-bond donors (Lipinski definition) is 1. The van der Waals surface area contributed by atoms with E-state index in [0.717, 1.165) is 27.7 Å². The average Bonchev–Trinajstić information content (AvgIpc) is 3.23. The van der Waals surface area contributed by atoms with E-state index in [-0.39, 0.29) is 12.6 Å². The highest BCUT2D eigenvalue weighted by atomic mass is 16.5. The lowest BCUT2D eigenvalue weighted by atomic mass is 10.1. The van der Waals surface area contributed by atoms with Crippen LogP contribution in [0.25, 0.3) is 22.2 Å². The summed E-state index contributed by atoms with van der Waals surface area (Å²) in [6.45, 7) is 4.61. The van der Waals surface area contributed by atoms with Crippen molar-refractivity contribution >= 4 is 28.2 Å². The van der Waals surface area contributed by atoms with E-state index in [0.29, 0.717) is 24.5 Å². The Morgan fingerprint density at radius 3 is 2.78 bits per heavy atom. The van der Waals surface area contributed by atoms with Crippen molar-refractivity contribution < 1.29 is 9.53 Å². The summed E-state index contributed by atoms with van der Waals surface area (Å²) in [7, 11) is 7.41. The summed E-state index contributed by atoms with van der Waals surface area (Å²) in [6, 6.07) is 15.5. The van der Waals surface area contributed by atoms with Gasteiger partial charge in [-0.15, -0.1) is 0 Å². The molecule has 2 heterocycles. The lowest BCUT2D eigenvalue weighted by molar-refractivity contribution is -0.111. The first kappa shape index (κ1) is 26.0. The number of likely N-dealkylation sites (N-methyl/N-ethyl adjacent to an activating group) is 2. The maximum absolute atomic E-state index is 13.3. The van der Waals surface area contributed by atoms with Gasteiger partial charge < -0.3 is 29.4 Å². The molecule has 1 amide bonds. The molecule has 0 saturated heterocycles. The SMILES string of the molecule is C=CC(=O)Nc1cc(COc2nccc(-c3cn(C)c4ccccc34)n2)ccc1[N+](C)([O-])CCN(C)C. The molecule has 1 unspecified atom stereocenters. The average molecular weight is 501 g/mol. The Bertz CT molecular complexity index is 1430. The maximum Gasteiger partial charge on any atom is 0.317 e. The number of fused-ring (bicyclic) bond motifs is 1. The standard InChI is InChI=1S/C28H32N6O3/c1-6-27(35)30-24-17-20(11-12-26(24)34(5,36)16-15-32(2)3)19-37-28-29-14-13-23(31-28)22-18-33(4)25-10-8-7-9-21(22)25/h6-14,17-18H,1,15-16,19H2,2-5H3,(H,30,35). The number of para-hydroxylation sites is 1. The normalized spacial score (nSPS) is 12.9. The molecule has 1 N–H and O–H groups in total. The number of amides is 1. The number of ether oxygens (including phenoxy) is 1. The number of hydroxylamine groups is 2. The van der Waals surface area contributed by atoms with E-state index in [1.165, 1.54) is 6.08 Å². The molecule has 4 rings (SSSR count). The van der Waals surface area contributed by atoms with Crippen LogP contribution in [0.3, 0.4) is 0 Å². The van der Waals surface area contributed by atoms with Crippen molar-refractivity contribution in [3.8, 4) is 17.3 Å². The molecule has 0 spiro atoms. The van der Waals surface area contributed by atoms with Crippen molar-refractivity contribution in [2.75, 3.05) is 39.5 Å². The van der Waals surface area contributed by atoms with Crippen LogP contribution in [-0.2, 0) is 18.4 Å². The van der Waals surface area contributed by atoms with Crippen LogP contribution in [0.1, 0.15) is 5.56 Å². The molecular formula is C28H32N6O3. The molecule has 192 valence electrons. The van der Waals surface area contributed by atoms with Crippen molar-refractivity contribution in [1.29, 1.82) is 0 Å². The Kier molecular flexibility index (Phi) is 7.68. The lowest BCUT2D eigenvalue weighted by Gasteiger charge is -2.40. The zero-order valence-corrected chi connectivity index (χ0v) is 21.6. The molecule has 0 fully saturated rings. The van der Waals surface area contributed by atoms with Crippen molar-refractivity contribution in [2.24, 2.45) is 7.05 Å². The zero-order valence-electron chi connectivity index (χ0n) is 21.6. The molecule has 9 nitrogen and oxygen atoms in total. The molecule has 9 heteroatoms. The molecule has 0 aliphatic rings. The molecule has 0 aliphatic carbocycles. The second kappa shape index (κ2) is 10.9. The van der Waals surface area contributed by atoms with E-state index < -0.39 is 10.6 Å². The number of anilines is 1. The van der Waals surface area contributed by atoms with Crippen molar-refractivity contribution in [2.45, 2.75) is 6.61 Å². The summed E-state index contributed by atoms with van der Waals surface area (Å²) in [4.78, 5) is 22.9. The zero-order chi connectivity index (χ0) is 26.6. The van der Waals surface area contributed by atoms with Gasteiger partial charge in [0.15, 0.2) is 5.69 Å². The highest BCUT2D eigenvalue weighted by Crippen LogP contribution is 2.32. The van der Waals surface area contributed by atoms with E-state index >= 15 is 0 Å². The summed E-state index contributed by atoms with van der Waals surface area (Å²) in [6.07, 6.45) is 4.89. The lowest BCUT2D eigenvalue weighted by Crippen LogP contribution is -2.44. The van der Waals surface area contributed by atoms with Crippen LogP contribution >= 0.6 is 0 Å². The van der Waals surface area contributed by atoms with Gasteiger partial charge in [0.1, 0.15) is 12.3 Å². The number of aryl methyl sites for hydroxylation is 1. The molecule has 0 aliphatic heterocycles. The number of nitrogens with zero attached hydrogens (tertiary/aromatic N) is 5. The molecule has 0 bridgehead atoms. The van der Waals surface area contributed by atoms with Gasteiger partial charge in [0.25, 0.3) is 0 Å². The number of hydrogen-bond acceptors (Lipinski definition) is 6. The van der Waals surface area contributed by atoms with Gasteiger partial charge in [-0.1, -0.05) is 24.8 Å². The van der Waals surface area contributed by atoms with Gasteiger partial charge in [-0.05, 0) is 50.0 Å². The quantitative estimate of drug-likeness (QED) is 0.198. The minimum absolute atomic E-state index is 0.163. The third-order valence-electron chi connectivity index (χ3n) is 6.16. The van der Waals surface area contributed by atoms with E-state index in [4.69, 9.17) is 4.74 Å². The Labute approximate surface area is 216 Å². The Hall–Kier alpha value is -4.05. The van der Waals surface area contributed by atoms with E-state index in [1.807, 2.05) is 56.5 Å². The van der Waals surface area contributed by atoms with E-state index in [9.17, 15) is 10.0 Å². The summed E-state index contributed by atoms with van der Waals surface area (Å²) in [5.41, 5.74) is 4.51. The van der Waals surface area contributed by atoms with Crippen LogP contribution in [0.15, 0.2) is 73.6 Å². The number of quaternary nitrogens is 1. The third kappa shape index (κ3) is 6.03. The van der Waals surface area contributed by atoms with Crippen LogP contribution in [0, 0.1) is 5.21 Å². The largest absolute Gasteiger partial charge is 0.627 e. The number of nitrogens with one attached hydrogen (secondary N) is 1. The predicted octanol–water partition coefficient (Wildman–Crippen LogP) is 4.34. The highest BCUT2D eigenvalue weighted by molar-refractivity contribution is 6.01. The number of rotatable bonds is 10. The van der Waals surface area contributed by atoms with Gasteiger partial charge >= 0.3 is 6.01 Å². The van der Waals surface area contributed by atoms with E-state index in [2.05, 4.69) is 38.6 Å². The topological polar surface area (TPSA) is 95.3 Å². The van der Waals surface area contributed by atoms with Gasteiger partial charge in [-0.25, -0.2) is 4.98 Å². The second-order valence-electron chi connectivity index (χ2n) is 9.36. The van der Waals surface area contributed by atoms with Gasteiger partial charge in [-0.3, -0.25) is 4.79 Å². The molecule has 37 heavy (non-hydrogen) atoms. The van der Waals surface area contributed by atoms with Gasteiger partial charge in [0.05, 0.1) is 19.3 Å². The van der Waals surface area contributed by atoms with E-state index in [1.54, 1.807) is 25.4 Å². The Morgan fingerprint density at radius 1 is 1.24 bits per heavy atom. The number of benzene rings is 2. The molecule has 0 radical (unpaired) electrons. The molecule has 0 saturated carbocycles. The Balaban J connectivity index is 1.56. The monoisotopic (exact) mass is 500 g/mol. The fourth-order valence-electron chi connectivity index (χ4n) is 4.13. The first-order chi connectivity index (χ1) is 17.7. The molecule has 1 atom stereocenters. The van der Waals surface area contributed by atoms with Crippen molar-refractivity contribution in [3.05, 3.63) is 84.4 Å². The van der Waals surface area contributed by atoms with Crippen LogP contribution in [0.4, 0.5) is 11.4 Å². The fourth-order valence-corrected chi connectivity index (χ4v) is 4.13. The van der Waals surface area contributed by atoms with Gasteiger partial charge in [0, 0.05) is 48.5 Å². The molecule has 4 aromatic rings. The molecule has 2 aromatic carbocycles. The third-order valence-corrected chi connectivity index (χ3v) is 6.16. The number of carbonyl (C=O) groups is 1. The fraction of sp³-hybridized carbons (Fsp3) is 0.250. The highest BCUT2D eigenvalue weighted by Gasteiger charge is 2.21. The second-order valence-corrected chi connectivity index (χ2v) is 9.36. The number of aromatic nitrogens is 3. The Morgan fingerprint density at radius 2 is 2.03 bits per heavy atom. The summed E-state index contributed by atoms with van der Waals surface area (Å²) in [5.74, 6) is -0.391. The van der Waals surface area contributed by atoms with Crippen LogP contribution in [-0.4, -0.2) is 59.6 Å². The van der Waals surface area contributed by atoms with Crippen molar-refractivity contribution in [3.63, 3.8) is 0 Å². The van der Waals surface area contributed by atoms with Crippen molar-refractivity contribution in [1.82, 2.24) is 24.1 Å². The predicted molar refractivity (Wildman–Crippen MR) is 148 cm³/mol. The van der Waals surface area contributed by atoms with Crippen LogP contribution in [0.2, 0.25) is 0 Å². The first-order valence-electron chi connectivity index (χ1n) is 12.0. The van der Waals surface area contributed by atoms with Crippen LogP contribution < -0.4 is 14.7 Å². The smallest absolute Gasteiger partial charge is 0.317 e. The molecular weight excluding hydrogens is 468 g/mol. The summed E-state index contributed by atoms with van der Waals surface area (Å²) >= 11 is 0. The van der Waals surface area contributed by atoms with Gasteiger partial charge in [-0.2, -0.15) is 4.98 Å². The summed E-state index contributed by atoms with van der Waals surface area (Å²) < 4.78 is 7.34. The minimum atomic E-state index is -0.637. The summed E-state index contributed by atoms with van der Waals surface area (Å²) in [5, 5.41) is 17.2. The minimum Gasteiger partial charge on any atom is -0.627 e. The van der Waals surface area contributed by atoms with Crippen LogP contribution in [0.5, 0.6) is 6.01 Å².